The van der Waals surface area contributed by atoms with Crippen molar-refractivity contribution in [2.24, 2.45) is 4.99 Å². The highest BCUT2D eigenvalue weighted by Gasteiger charge is 2.34. The lowest BCUT2D eigenvalue weighted by Crippen LogP contribution is -2.39. The maximum atomic E-state index is 13.9. The van der Waals surface area contributed by atoms with Crippen molar-refractivity contribution in [3.8, 4) is 17.2 Å². The predicted octanol–water partition coefficient (Wildman–Crippen LogP) is 4.76. The van der Waals surface area contributed by atoms with E-state index in [1.807, 2.05) is 54.6 Å². The number of rotatable bonds is 7. The van der Waals surface area contributed by atoms with Crippen molar-refractivity contribution in [2.75, 3.05) is 13.4 Å². The van der Waals surface area contributed by atoms with Gasteiger partial charge in [0.05, 0.1) is 28.5 Å². The van der Waals surface area contributed by atoms with Crippen molar-refractivity contribution in [3.63, 3.8) is 0 Å². The summed E-state index contributed by atoms with van der Waals surface area (Å²) in [6.45, 7) is 4.19. The molecule has 208 valence electrons. The standard InChI is InChI=1S/C31H25ClN2O6S/c1-3-37-30(36)27-18(2)33-31-34(28(27)21-9-12-24-25(15-21)40-17-39-24)29(35)26(41-31)14-20-5-4-6-23(13-20)38-16-19-7-10-22(32)11-8-19/h4-15,28H,3,16-17H2,1-2H3/b26-14-/t28-/m0/s1. The van der Waals surface area contributed by atoms with Gasteiger partial charge in [0, 0.05) is 5.02 Å². The lowest BCUT2D eigenvalue weighted by atomic mass is 9.95. The molecule has 10 heteroatoms. The van der Waals surface area contributed by atoms with Crippen LogP contribution in [0.1, 0.15) is 36.6 Å². The number of ether oxygens (including phenoxy) is 4. The van der Waals surface area contributed by atoms with Gasteiger partial charge in [-0.2, -0.15) is 0 Å². The maximum Gasteiger partial charge on any atom is 0.338 e. The van der Waals surface area contributed by atoms with Crippen LogP contribution in [0.4, 0.5) is 0 Å². The Morgan fingerprint density at radius 2 is 1.93 bits per heavy atom. The molecule has 0 unspecified atom stereocenters. The number of fused-ring (bicyclic) bond motifs is 2. The molecular formula is C31H25ClN2O6S. The molecule has 1 atom stereocenters. The van der Waals surface area contributed by atoms with Gasteiger partial charge < -0.3 is 18.9 Å². The Kier molecular flexibility index (Phi) is 7.38. The van der Waals surface area contributed by atoms with Gasteiger partial charge in [0.15, 0.2) is 16.3 Å². The highest BCUT2D eigenvalue weighted by Crippen LogP contribution is 2.38. The van der Waals surface area contributed by atoms with Gasteiger partial charge in [-0.25, -0.2) is 9.79 Å². The van der Waals surface area contributed by atoms with Crippen LogP contribution in [-0.4, -0.2) is 23.9 Å². The molecule has 0 spiro atoms. The van der Waals surface area contributed by atoms with Crippen LogP contribution in [-0.2, 0) is 16.1 Å². The quantitative estimate of drug-likeness (QED) is 0.289. The lowest BCUT2D eigenvalue weighted by Gasteiger charge is -2.24. The Morgan fingerprint density at radius 1 is 1.12 bits per heavy atom. The number of benzene rings is 3. The second kappa shape index (κ2) is 11.3. The largest absolute Gasteiger partial charge is 0.489 e. The first-order valence-corrected chi connectivity index (χ1v) is 14.2. The molecule has 3 heterocycles. The molecule has 0 saturated heterocycles. The van der Waals surface area contributed by atoms with Gasteiger partial charge in [0.2, 0.25) is 6.79 Å². The van der Waals surface area contributed by atoms with Crippen LogP contribution >= 0.6 is 22.9 Å². The summed E-state index contributed by atoms with van der Waals surface area (Å²) in [4.78, 5) is 32.2. The van der Waals surface area contributed by atoms with Crippen LogP contribution in [0.3, 0.4) is 0 Å². The highest BCUT2D eigenvalue weighted by molar-refractivity contribution is 7.07. The molecule has 0 saturated carbocycles. The molecule has 3 aromatic carbocycles. The number of hydrogen-bond acceptors (Lipinski definition) is 8. The third-order valence-corrected chi connectivity index (χ3v) is 7.94. The average Bonchev–Trinajstić information content (AvgIpc) is 3.56. The van der Waals surface area contributed by atoms with Gasteiger partial charge in [-0.15, -0.1) is 0 Å². The monoisotopic (exact) mass is 588 g/mol. The topological polar surface area (TPSA) is 88.4 Å². The number of hydrogen-bond donors (Lipinski definition) is 0. The molecule has 4 aromatic rings. The number of carbonyl (C=O) groups excluding carboxylic acids is 1. The van der Waals surface area contributed by atoms with Gasteiger partial charge in [-0.1, -0.05) is 53.3 Å². The predicted molar refractivity (Wildman–Crippen MR) is 155 cm³/mol. The van der Waals surface area contributed by atoms with Crippen molar-refractivity contribution < 1.29 is 23.7 Å². The number of thiazole rings is 1. The molecule has 2 aliphatic heterocycles. The zero-order valence-corrected chi connectivity index (χ0v) is 23.8. The smallest absolute Gasteiger partial charge is 0.338 e. The zero-order chi connectivity index (χ0) is 28.5. The SMILES string of the molecule is CCOC(=O)C1=C(C)N=c2s/c(=C\c3cccc(OCc4ccc(Cl)cc4)c3)c(=O)n2[C@H]1c1ccc2c(c1)OCO2. The van der Waals surface area contributed by atoms with E-state index in [2.05, 4.69) is 4.99 Å². The minimum atomic E-state index is -0.740. The first-order valence-electron chi connectivity index (χ1n) is 13.0. The molecule has 0 amide bonds. The summed E-state index contributed by atoms with van der Waals surface area (Å²) in [6.07, 6.45) is 1.80. The third-order valence-electron chi connectivity index (χ3n) is 6.70. The van der Waals surface area contributed by atoms with Gasteiger partial charge in [0.25, 0.3) is 5.56 Å². The van der Waals surface area contributed by atoms with Gasteiger partial charge >= 0.3 is 5.97 Å². The van der Waals surface area contributed by atoms with Crippen molar-refractivity contribution in [3.05, 3.63) is 119 Å². The summed E-state index contributed by atoms with van der Waals surface area (Å²) >= 11 is 7.24. The van der Waals surface area contributed by atoms with Crippen molar-refractivity contribution in [2.45, 2.75) is 26.5 Å². The molecule has 0 aliphatic carbocycles. The first-order chi connectivity index (χ1) is 19.9. The fourth-order valence-corrected chi connectivity index (χ4v) is 5.96. The summed E-state index contributed by atoms with van der Waals surface area (Å²) < 4.78 is 24.4. The van der Waals surface area contributed by atoms with E-state index in [0.717, 1.165) is 11.1 Å². The number of carbonyl (C=O) groups is 1. The van der Waals surface area contributed by atoms with E-state index in [-0.39, 0.29) is 19.0 Å². The van der Waals surface area contributed by atoms with E-state index in [4.69, 9.17) is 30.5 Å². The number of halogens is 1. The van der Waals surface area contributed by atoms with Crippen LogP contribution in [0, 0.1) is 0 Å². The Balaban J connectivity index is 1.39. The van der Waals surface area contributed by atoms with Crippen molar-refractivity contribution >= 4 is 35.0 Å². The fourth-order valence-electron chi connectivity index (χ4n) is 4.78. The summed E-state index contributed by atoms with van der Waals surface area (Å²) in [6, 6.07) is 19.6. The molecule has 0 fully saturated rings. The second-order valence-electron chi connectivity index (χ2n) is 9.40. The van der Waals surface area contributed by atoms with E-state index in [9.17, 15) is 9.59 Å². The number of aromatic nitrogens is 1. The van der Waals surface area contributed by atoms with E-state index in [0.29, 0.717) is 55.0 Å². The van der Waals surface area contributed by atoms with Crippen molar-refractivity contribution in [1.29, 1.82) is 0 Å². The molecule has 6 rings (SSSR count). The van der Waals surface area contributed by atoms with Crippen molar-refractivity contribution in [1.82, 2.24) is 4.57 Å². The fraction of sp³-hybridized carbons (Fsp3) is 0.194. The molecule has 0 N–H and O–H groups in total. The minimum Gasteiger partial charge on any atom is -0.489 e. The number of allylic oxidation sites excluding steroid dienone is 1. The van der Waals surface area contributed by atoms with Crippen LogP contribution < -0.4 is 29.1 Å². The van der Waals surface area contributed by atoms with Crippen LogP contribution in [0.25, 0.3) is 6.08 Å². The third kappa shape index (κ3) is 5.38. The maximum absolute atomic E-state index is 13.9. The van der Waals surface area contributed by atoms with Crippen LogP contribution in [0.5, 0.6) is 17.2 Å². The molecule has 41 heavy (non-hydrogen) atoms. The van der Waals surface area contributed by atoms with Crippen LogP contribution in [0.2, 0.25) is 5.02 Å². The molecule has 0 bridgehead atoms. The Morgan fingerprint density at radius 3 is 2.73 bits per heavy atom. The van der Waals surface area contributed by atoms with Gasteiger partial charge in [0.1, 0.15) is 12.4 Å². The molecule has 0 radical (unpaired) electrons. The first kappa shape index (κ1) is 26.9. The number of esters is 1. The van der Waals surface area contributed by atoms with Gasteiger partial charge in [-0.3, -0.25) is 9.36 Å². The molecule has 2 aliphatic rings. The second-order valence-corrected chi connectivity index (χ2v) is 10.8. The van der Waals surface area contributed by atoms with E-state index in [1.165, 1.54) is 11.3 Å². The van der Waals surface area contributed by atoms with E-state index >= 15 is 0 Å². The Hall–Kier alpha value is -4.34. The summed E-state index contributed by atoms with van der Waals surface area (Å²) in [5, 5.41) is 0.669. The summed E-state index contributed by atoms with van der Waals surface area (Å²) in [5.41, 5.74) is 3.02. The Labute approximate surface area is 244 Å². The van der Waals surface area contributed by atoms with E-state index in [1.54, 1.807) is 36.6 Å². The molecular weight excluding hydrogens is 564 g/mol. The van der Waals surface area contributed by atoms with E-state index < -0.39 is 12.0 Å². The minimum absolute atomic E-state index is 0.115. The lowest BCUT2D eigenvalue weighted by molar-refractivity contribution is -0.139. The average molecular weight is 589 g/mol. The normalized spacial score (nSPS) is 15.9. The summed E-state index contributed by atoms with van der Waals surface area (Å²) in [5.74, 6) is 1.31. The van der Waals surface area contributed by atoms with Gasteiger partial charge in [-0.05, 0) is 73.0 Å². The zero-order valence-electron chi connectivity index (χ0n) is 22.3. The molecule has 1 aromatic heterocycles. The highest BCUT2D eigenvalue weighted by atomic mass is 35.5. The molecule has 8 nitrogen and oxygen atoms in total. The van der Waals surface area contributed by atoms with Crippen LogP contribution in [0.15, 0.2) is 87.8 Å². The Bertz CT molecular complexity index is 1860. The summed E-state index contributed by atoms with van der Waals surface area (Å²) in [7, 11) is 0. The number of nitrogens with zero attached hydrogens (tertiary/aromatic N) is 2.